The number of thiazole rings is 1. The Morgan fingerprint density at radius 3 is 2.78 bits per heavy atom. The second kappa shape index (κ2) is 4.97. The Balaban J connectivity index is 1.68. The third-order valence-electron chi connectivity index (χ3n) is 2.42. The van der Waals surface area contributed by atoms with Gasteiger partial charge in [0, 0.05) is 22.8 Å². The third kappa shape index (κ3) is 2.38. The first-order valence-electron chi connectivity index (χ1n) is 5.41. The summed E-state index contributed by atoms with van der Waals surface area (Å²) in [4.78, 5) is 4.21. The summed E-state index contributed by atoms with van der Waals surface area (Å²) in [5.41, 5.74) is 1.95. The molecule has 2 aromatic heterocycles. The maximum Gasteiger partial charge on any atom is 0.247 e. The molecular formula is C12H10N4OS. The summed E-state index contributed by atoms with van der Waals surface area (Å²) in [6.45, 7) is 0.734. The number of nitrogens with zero attached hydrogens (tertiary/aromatic N) is 3. The molecule has 0 radical (unpaired) electrons. The first-order chi connectivity index (χ1) is 8.92. The SMILES string of the molecule is c1csc(CNc2ccc(-c3nnco3)cc2)n1. The van der Waals surface area contributed by atoms with Crippen molar-refractivity contribution in [3.05, 3.63) is 47.2 Å². The summed E-state index contributed by atoms with van der Waals surface area (Å²) in [5.74, 6) is 0.529. The van der Waals surface area contributed by atoms with Crippen LogP contribution in [0.15, 0.2) is 46.7 Å². The smallest absolute Gasteiger partial charge is 0.247 e. The Morgan fingerprint density at radius 1 is 1.22 bits per heavy atom. The monoisotopic (exact) mass is 258 g/mol. The molecular weight excluding hydrogens is 248 g/mol. The van der Waals surface area contributed by atoms with E-state index in [0.717, 1.165) is 22.8 Å². The largest absolute Gasteiger partial charge is 0.423 e. The van der Waals surface area contributed by atoms with Crippen LogP contribution in [0.1, 0.15) is 5.01 Å². The fourth-order valence-electron chi connectivity index (χ4n) is 1.55. The van der Waals surface area contributed by atoms with Gasteiger partial charge in [-0.25, -0.2) is 4.98 Å². The molecule has 0 amide bonds. The first-order valence-corrected chi connectivity index (χ1v) is 6.28. The Kier molecular flexibility index (Phi) is 3.01. The van der Waals surface area contributed by atoms with Crippen LogP contribution in [0, 0.1) is 0 Å². The molecule has 0 spiro atoms. The molecule has 0 aliphatic rings. The Bertz CT molecular complexity index is 590. The molecule has 0 saturated carbocycles. The summed E-state index contributed by atoms with van der Waals surface area (Å²) in [6, 6.07) is 7.84. The van der Waals surface area contributed by atoms with Crippen molar-refractivity contribution < 1.29 is 4.42 Å². The highest BCUT2D eigenvalue weighted by atomic mass is 32.1. The number of anilines is 1. The lowest BCUT2D eigenvalue weighted by molar-refractivity contribution is 0.568. The fraction of sp³-hybridized carbons (Fsp3) is 0.0833. The van der Waals surface area contributed by atoms with E-state index in [4.69, 9.17) is 4.42 Å². The fourth-order valence-corrected chi connectivity index (χ4v) is 2.10. The lowest BCUT2D eigenvalue weighted by Crippen LogP contribution is -1.98. The molecule has 0 atom stereocenters. The van der Waals surface area contributed by atoms with Gasteiger partial charge in [0.1, 0.15) is 5.01 Å². The van der Waals surface area contributed by atoms with Crippen molar-refractivity contribution in [1.82, 2.24) is 15.2 Å². The number of benzene rings is 1. The van der Waals surface area contributed by atoms with Gasteiger partial charge in [-0.05, 0) is 24.3 Å². The van der Waals surface area contributed by atoms with Crippen LogP contribution < -0.4 is 5.32 Å². The van der Waals surface area contributed by atoms with E-state index in [-0.39, 0.29) is 0 Å². The van der Waals surface area contributed by atoms with E-state index in [1.807, 2.05) is 29.6 Å². The predicted molar refractivity (Wildman–Crippen MR) is 69.2 cm³/mol. The highest BCUT2D eigenvalue weighted by Crippen LogP contribution is 2.19. The summed E-state index contributed by atoms with van der Waals surface area (Å²) in [6.07, 6.45) is 3.13. The van der Waals surface area contributed by atoms with Gasteiger partial charge in [0.2, 0.25) is 12.3 Å². The van der Waals surface area contributed by atoms with E-state index in [1.54, 1.807) is 17.5 Å². The van der Waals surface area contributed by atoms with Crippen LogP contribution in [0.4, 0.5) is 5.69 Å². The summed E-state index contributed by atoms with van der Waals surface area (Å²) in [7, 11) is 0. The van der Waals surface area contributed by atoms with Gasteiger partial charge >= 0.3 is 0 Å². The molecule has 0 unspecified atom stereocenters. The molecule has 1 aromatic carbocycles. The predicted octanol–water partition coefficient (Wildman–Crippen LogP) is 2.81. The topological polar surface area (TPSA) is 63.8 Å². The molecule has 0 aliphatic carbocycles. The number of hydrogen-bond acceptors (Lipinski definition) is 6. The van der Waals surface area contributed by atoms with Gasteiger partial charge in [-0.15, -0.1) is 21.5 Å². The van der Waals surface area contributed by atoms with Crippen LogP contribution in [0.3, 0.4) is 0 Å². The molecule has 0 fully saturated rings. The lowest BCUT2D eigenvalue weighted by Gasteiger charge is -2.04. The standard InChI is InChI=1S/C12H10N4OS/c1-3-10(14-7-11-13-5-6-18-11)4-2-9(1)12-16-15-8-17-12/h1-6,8,14H,7H2. The Labute approximate surface area is 108 Å². The van der Waals surface area contributed by atoms with Crippen molar-refractivity contribution in [1.29, 1.82) is 0 Å². The van der Waals surface area contributed by atoms with Crippen molar-refractivity contribution in [3.63, 3.8) is 0 Å². The average Bonchev–Trinajstić information content (AvgIpc) is 3.10. The molecule has 1 N–H and O–H groups in total. The van der Waals surface area contributed by atoms with E-state index in [2.05, 4.69) is 20.5 Å². The molecule has 0 aliphatic heterocycles. The van der Waals surface area contributed by atoms with E-state index in [0.29, 0.717) is 5.89 Å². The quantitative estimate of drug-likeness (QED) is 0.779. The van der Waals surface area contributed by atoms with Crippen LogP contribution in [-0.2, 0) is 6.54 Å². The van der Waals surface area contributed by atoms with E-state index in [9.17, 15) is 0 Å². The van der Waals surface area contributed by atoms with Crippen molar-refractivity contribution in [2.45, 2.75) is 6.54 Å². The van der Waals surface area contributed by atoms with Gasteiger partial charge in [0.15, 0.2) is 0 Å². The Morgan fingerprint density at radius 2 is 2.11 bits per heavy atom. The van der Waals surface area contributed by atoms with Crippen molar-refractivity contribution in [3.8, 4) is 11.5 Å². The first kappa shape index (κ1) is 10.9. The maximum atomic E-state index is 5.13. The molecule has 3 rings (SSSR count). The molecule has 5 nitrogen and oxygen atoms in total. The van der Waals surface area contributed by atoms with Crippen LogP contribution >= 0.6 is 11.3 Å². The van der Waals surface area contributed by atoms with Crippen LogP contribution in [-0.4, -0.2) is 15.2 Å². The van der Waals surface area contributed by atoms with Gasteiger partial charge in [-0.2, -0.15) is 0 Å². The normalized spacial score (nSPS) is 10.4. The van der Waals surface area contributed by atoms with E-state index >= 15 is 0 Å². The highest BCUT2D eigenvalue weighted by molar-refractivity contribution is 7.09. The van der Waals surface area contributed by atoms with Gasteiger partial charge in [0.05, 0.1) is 6.54 Å². The number of nitrogens with one attached hydrogen (secondary N) is 1. The van der Waals surface area contributed by atoms with Crippen molar-refractivity contribution in [2.75, 3.05) is 5.32 Å². The summed E-state index contributed by atoms with van der Waals surface area (Å²) in [5, 5.41) is 13.8. The lowest BCUT2D eigenvalue weighted by atomic mass is 10.2. The van der Waals surface area contributed by atoms with Crippen LogP contribution in [0.25, 0.3) is 11.5 Å². The number of hydrogen-bond donors (Lipinski definition) is 1. The molecule has 0 bridgehead atoms. The zero-order valence-corrected chi connectivity index (χ0v) is 10.2. The molecule has 18 heavy (non-hydrogen) atoms. The number of aromatic nitrogens is 3. The molecule has 2 heterocycles. The van der Waals surface area contributed by atoms with Crippen molar-refractivity contribution in [2.24, 2.45) is 0 Å². The third-order valence-corrected chi connectivity index (χ3v) is 3.20. The second-order valence-electron chi connectivity index (χ2n) is 3.60. The minimum atomic E-state index is 0.529. The number of rotatable bonds is 4. The molecule has 6 heteroatoms. The zero-order chi connectivity index (χ0) is 12.2. The summed E-state index contributed by atoms with van der Waals surface area (Å²) >= 11 is 1.64. The zero-order valence-electron chi connectivity index (χ0n) is 9.41. The minimum Gasteiger partial charge on any atom is -0.423 e. The average molecular weight is 258 g/mol. The van der Waals surface area contributed by atoms with Crippen LogP contribution in [0.5, 0.6) is 0 Å². The second-order valence-corrected chi connectivity index (χ2v) is 4.58. The van der Waals surface area contributed by atoms with Crippen LogP contribution in [0.2, 0.25) is 0 Å². The Hall–Kier alpha value is -2.21. The molecule has 3 aromatic rings. The highest BCUT2D eigenvalue weighted by Gasteiger charge is 2.03. The van der Waals surface area contributed by atoms with E-state index in [1.165, 1.54) is 6.39 Å². The van der Waals surface area contributed by atoms with Crippen molar-refractivity contribution >= 4 is 17.0 Å². The van der Waals surface area contributed by atoms with Gasteiger partial charge in [-0.1, -0.05) is 0 Å². The van der Waals surface area contributed by atoms with Gasteiger partial charge in [0.25, 0.3) is 0 Å². The molecule has 0 saturated heterocycles. The van der Waals surface area contributed by atoms with Gasteiger partial charge < -0.3 is 9.73 Å². The van der Waals surface area contributed by atoms with E-state index < -0.39 is 0 Å². The summed E-state index contributed by atoms with van der Waals surface area (Å²) < 4.78 is 5.13. The van der Waals surface area contributed by atoms with Gasteiger partial charge in [-0.3, -0.25) is 0 Å². The minimum absolute atomic E-state index is 0.529. The molecule has 90 valence electrons. The maximum absolute atomic E-state index is 5.13.